The van der Waals surface area contributed by atoms with Crippen LogP contribution in [0.4, 0.5) is 0 Å². The van der Waals surface area contributed by atoms with Gasteiger partial charge in [0.15, 0.2) is 0 Å². The number of nitrogens with zero attached hydrogens (tertiary/aromatic N) is 1. The number of rotatable bonds is 5. The third kappa shape index (κ3) is 3.21. The molecule has 94 valence electrons. The van der Waals surface area contributed by atoms with Crippen LogP contribution in [0.5, 0.6) is 0 Å². The summed E-state index contributed by atoms with van der Waals surface area (Å²) in [5.41, 5.74) is 0. The summed E-state index contributed by atoms with van der Waals surface area (Å²) in [6.45, 7) is 10.8. The Hall–Kier alpha value is -0.0800. The van der Waals surface area contributed by atoms with Gasteiger partial charge in [0.2, 0.25) is 0 Å². The van der Waals surface area contributed by atoms with E-state index in [9.17, 15) is 0 Å². The predicted octanol–water partition coefficient (Wildman–Crippen LogP) is 2.49. The maximum absolute atomic E-state index is 3.68. The van der Waals surface area contributed by atoms with Crippen molar-refractivity contribution in [1.29, 1.82) is 0 Å². The van der Waals surface area contributed by atoms with Crippen LogP contribution in [0.3, 0.4) is 0 Å². The summed E-state index contributed by atoms with van der Waals surface area (Å²) in [5.74, 6) is 1.91. The lowest BCUT2D eigenvalue weighted by molar-refractivity contribution is 0.113. The first-order valence-electron chi connectivity index (χ1n) is 7.18. The highest BCUT2D eigenvalue weighted by atomic mass is 15.2. The minimum atomic E-state index is 0.765. The fourth-order valence-corrected chi connectivity index (χ4v) is 3.12. The van der Waals surface area contributed by atoms with E-state index >= 15 is 0 Å². The lowest BCUT2D eigenvalue weighted by Gasteiger charge is -2.38. The van der Waals surface area contributed by atoms with Gasteiger partial charge >= 0.3 is 0 Å². The molecule has 1 saturated carbocycles. The van der Waals surface area contributed by atoms with Crippen LogP contribution in [0.1, 0.15) is 46.5 Å². The first-order chi connectivity index (χ1) is 7.70. The van der Waals surface area contributed by atoms with E-state index in [2.05, 4.69) is 31.0 Å². The Morgan fingerprint density at radius 1 is 1.25 bits per heavy atom. The molecular weight excluding hydrogens is 196 g/mol. The van der Waals surface area contributed by atoms with Crippen molar-refractivity contribution in [3.8, 4) is 0 Å². The third-order valence-electron chi connectivity index (χ3n) is 4.36. The van der Waals surface area contributed by atoms with Crippen molar-refractivity contribution >= 4 is 0 Å². The van der Waals surface area contributed by atoms with Crippen molar-refractivity contribution in [2.24, 2.45) is 11.8 Å². The summed E-state index contributed by atoms with van der Waals surface area (Å²) in [6, 6.07) is 1.56. The standard InChI is InChI=1S/C14H28N2/c1-4-15-14(13-5-6-13)10-16-8-7-11(2)9-12(16)3/h11-15H,4-10H2,1-3H3. The topological polar surface area (TPSA) is 15.3 Å². The lowest BCUT2D eigenvalue weighted by atomic mass is 9.93. The normalized spacial score (nSPS) is 33.9. The molecule has 1 heterocycles. The Labute approximate surface area is 101 Å². The first kappa shape index (κ1) is 12.4. The summed E-state index contributed by atoms with van der Waals surface area (Å²) < 4.78 is 0. The highest BCUT2D eigenvalue weighted by Gasteiger charge is 2.33. The Morgan fingerprint density at radius 2 is 2.00 bits per heavy atom. The summed E-state index contributed by atoms with van der Waals surface area (Å²) in [7, 11) is 0. The molecule has 0 aromatic heterocycles. The Balaban J connectivity index is 1.82. The van der Waals surface area contributed by atoms with Gasteiger partial charge in [0.05, 0.1) is 0 Å². The molecular formula is C14H28N2. The fraction of sp³-hybridized carbons (Fsp3) is 1.00. The van der Waals surface area contributed by atoms with Gasteiger partial charge in [-0.25, -0.2) is 0 Å². The molecule has 3 unspecified atom stereocenters. The molecule has 3 atom stereocenters. The van der Waals surface area contributed by atoms with Crippen molar-refractivity contribution in [2.75, 3.05) is 19.6 Å². The number of piperidine rings is 1. The molecule has 0 radical (unpaired) electrons. The van der Waals surface area contributed by atoms with E-state index in [-0.39, 0.29) is 0 Å². The highest BCUT2D eigenvalue weighted by Crippen LogP contribution is 2.34. The summed E-state index contributed by atoms with van der Waals surface area (Å²) in [5, 5.41) is 3.68. The van der Waals surface area contributed by atoms with E-state index in [1.54, 1.807) is 0 Å². The highest BCUT2D eigenvalue weighted by molar-refractivity contribution is 4.90. The molecule has 1 aliphatic heterocycles. The monoisotopic (exact) mass is 224 g/mol. The SMILES string of the molecule is CCNC(CN1CCC(C)CC1C)C1CC1. The van der Waals surface area contributed by atoms with E-state index in [4.69, 9.17) is 0 Å². The number of likely N-dealkylation sites (tertiary alicyclic amines) is 1. The van der Waals surface area contributed by atoms with Gasteiger partial charge in [-0.2, -0.15) is 0 Å². The van der Waals surface area contributed by atoms with Crippen LogP contribution in [-0.2, 0) is 0 Å². The molecule has 0 aromatic carbocycles. The third-order valence-corrected chi connectivity index (χ3v) is 4.36. The fourth-order valence-electron chi connectivity index (χ4n) is 3.12. The molecule has 1 aliphatic carbocycles. The Morgan fingerprint density at radius 3 is 2.56 bits per heavy atom. The summed E-state index contributed by atoms with van der Waals surface area (Å²) in [4.78, 5) is 2.71. The zero-order valence-electron chi connectivity index (χ0n) is 11.2. The molecule has 0 aromatic rings. The minimum Gasteiger partial charge on any atom is -0.313 e. The number of nitrogens with one attached hydrogen (secondary N) is 1. The van der Waals surface area contributed by atoms with E-state index in [1.165, 1.54) is 38.8 Å². The van der Waals surface area contributed by atoms with Gasteiger partial charge < -0.3 is 5.32 Å². The van der Waals surface area contributed by atoms with E-state index in [0.29, 0.717) is 0 Å². The molecule has 2 nitrogen and oxygen atoms in total. The molecule has 2 rings (SSSR count). The van der Waals surface area contributed by atoms with Crippen LogP contribution >= 0.6 is 0 Å². The average Bonchev–Trinajstić information content (AvgIpc) is 3.04. The van der Waals surface area contributed by atoms with E-state index in [0.717, 1.165) is 30.5 Å². The van der Waals surface area contributed by atoms with Crippen LogP contribution in [-0.4, -0.2) is 36.6 Å². The van der Waals surface area contributed by atoms with Crippen molar-refractivity contribution in [1.82, 2.24) is 10.2 Å². The average molecular weight is 224 g/mol. The zero-order valence-corrected chi connectivity index (χ0v) is 11.2. The Kier molecular flexibility index (Phi) is 4.26. The predicted molar refractivity (Wildman–Crippen MR) is 69.6 cm³/mol. The van der Waals surface area contributed by atoms with Crippen molar-refractivity contribution in [2.45, 2.75) is 58.5 Å². The second-order valence-electron chi connectivity index (χ2n) is 5.98. The van der Waals surface area contributed by atoms with E-state index in [1.807, 2.05) is 0 Å². The summed E-state index contributed by atoms with van der Waals surface area (Å²) in [6.07, 6.45) is 5.70. The minimum absolute atomic E-state index is 0.765. The van der Waals surface area contributed by atoms with Crippen LogP contribution < -0.4 is 5.32 Å². The summed E-state index contributed by atoms with van der Waals surface area (Å²) >= 11 is 0. The molecule has 0 bridgehead atoms. The van der Waals surface area contributed by atoms with Gasteiger partial charge in [-0.05, 0) is 57.5 Å². The second kappa shape index (κ2) is 5.50. The molecule has 2 aliphatic rings. The number of likely N-dealkylation sites (N-methyl/N-ethyl adjacent to an activating group) is 1. The molecule has 0 amide bonds. The molecule has 2 heteroatoms. The lowest BCUT2D eigenvalue weighted by Crippen LogP contribution is -2.48. The molecule has 2 fully saturated rings. The van der Waals surface area contributed by atoms with Gasteiger partial charge in [-0.15, -0.1) is 0 Å². The van der Waals surface area contributed by atoms with Gasteiger partial charge in [0.1, 0.15) is 0 Å². The van der Waals surface area contributed by atoms with Gasteiger partial charge in [-0.1, -0.05) is 13.8 Å². The van der Waals surface area contributed by atoms with Crippen LogP contribution in [0.25, 0.3) is 0 Å². The van der Waals surface area contributed by atoms with Crippen LogP contribution in [0.2, 0.25) is 0 Å². The quantitative estimate of drug-likeness (QED) is 0.772. The van der Waals surface area contributed by atoms with Crippen molar-refractivity contribution in [3.05, 3.63) is 0 Å². The largest absolute Gasteiger partial charge is 0.313 e. The molecule has 16 heavy (non-hydrogen) atoms. The maximum Gasteiger partial charge on any atom is 0.0223 e. The van der Waals surface area contributed by atoms with Gasteiger partial charge in [0.25, 0.3) is 0 Å². The van der Waals surface area contributed by atoms with E-state index < -0.39 is 0 Å². The molecule has 1 N–H and O–H groups in total. The van der Waals surface area contributed by atoms with Crippen molar-refractivity contribution < 1.29 is 0 Å². The zero-order chi connectivity index (χ0) is 11.5. The molecule has 0 spiro atoms. The van der Waals surface area contributed by atoms with Crippen LogP contribution in [0, 0.1) is 11.8 Å². The molecule has 1 saturated heterocycles. The van der Waals surface area contributed by atoms with Gasteiger partial charge in [0, 0.05) is 18.6 Å². The van der Waals surface area contributed by atoms with Gasteiger partial charge in [-0.3, -0.25) is 4.90 Å². The van der Waals surface area contributed by atoms with Crippen LogP contribution in [0.15, 0.2) is 0 Å². The smallest absolute Gasteiger partial charge is 0.0223 e. The van der Waals surface area contributed by atoms with Crippen molar-refractivity contribution in [3.63, 3.8) is 0 Å². The Bertz CT molecular complexity index is 213. The number of hydrogen-bond acceptors (Lipinski definition) is 2. The second-order valence-corrected chi connectivity index (χ2v) is 5.98. The maximum atomic E-state index is 3.68. The first-order valence-corrected chi connectivity index (χ1v) is 7.18. The number of hydrogen-bond donors (Lipinski definition) is 1.